The summed E-state index contributed by atoms with van der Waals surface area (Å²) in [4.78, 5) is 31.7. The third kappa shape index (κ3) is 4.79. The molecule has 0 spiro atoms. The molecule has 3 aromatic carbocycles. The van der Waals surface area contributed by atoms with Crippen LogP contribution in [-0.4, -0.2) is 54.6 Å². The number of fused-ring (bicyclic) bond motifs is 1. The van der Waals surface area contributed by atoms with Crippen LogP contribution in [0.2, 0.25) is 5.02 Å². The fraction of sp³-hybridized carbons (Fsp3) is 0.200. The van der Waals surface area contributed by atoms with E-state index in [0.717, 1.165) is 16.5 Å². The highest BCUT2D eigenvalue weighted by atomic mass is 35.5. The van der Waals surface area contributed by atoms with Gasteiger partial charge in [0.15, 0.2) is 0 Å². The number of carbonyl (C=O) groups excluding carboxylic acids is 2. The molecule has 1 aromatic heterocycles. The van der Waals surface area contributed by atoms with Gasteiger partial charge in [-0.1, -0.05) is 11.6 Å². The van der Waals surface area contributed by atoms with Gasteiger partial charge in [-0.2, -0.15) is 0 Å². The molecule has 8 nitrogen and oxygen atoms in total. The van der Waals surface area contributed by atoms with Crippen molar-refractivity contribution >= 4 is 40.0 Å². The Labute approximate surface area is 230 Å². The largest absolute Gasteiger partial charge is 0.507 e. The van der Waals surface area contributed by atoms with Crippen molar-refractivity contribution in [1.82, 2.24) is 9.88 Å². The van der Waals surface area contributed by atoms with Crippen molar-refractivity contribution in [3.05, 3.63) is 94.1 Å². The van der Waals surface area contributed by atoms with E-state index in [0.29, 0.717) is 39.8 Å². The Kier molecular flexibility index (Phi) is 7.21. The van der Waals surface area contributed by atoms with E-state index in [4.69, 9.17) is 25.8 Å². The van der Waals surface area contributed by atoms with Crippen molar-refractivity contribution in [1.29, 1.82) is 0 Å². The SMILES string of the molecule is COc1ccc(OC)c(C2/C(=C(/O)c3ccc(Cl)cc3)C(=O)C(=O)N2CCc2c[nH]c3ccc(OC)cc23)c1. The molecular formula is C30H27ClN2O6. The Bertz CT molecular complexity index is 1590. The number of aliphatic hydroxyl groups is 1. The predicted octanol–water partition coefficient (Wildman–Crippen LogP) is 5.51. The summed E-state index contributed by atoms with van der Waals surface area (Å²) in [5.74, 6) is -0.0963. The minimum absolute atomic E-state index is 0.0329. The summed E-state index contributed by atoms with van der Waals surface area (Å²) in [6.45, 7) is 0.206. The molecule has 5 rings (SSSR count). The van der Waals surface area contributed by atoms with E-state index >= 15 is 0 Å². The number of ketones is 1. The van der Waals surface area contributed by atoms with Gasteiger partial charge in [0.2, 0.25) is 0 Å². The summed E-state index contributed by atoms with van der Waals surface area (Å²) >= 11 is 6.03. The third-order valence-corrected chi connectivity index (χ3v) is 7.24. The van der Waals surface area contributed by atoms with Gasteiger partial charge in [0.05, 0.1) is 32.9 Å². The molecule has 1 aliphatic rings. The van der Waals surface area contributed by atoms with Crippen molar-refractivity contribution in [2.75, 3.05) is 27.9 Å². The Balaban J connectivity index is 1.61. The smallest absolute Gasteiger partial charge is 0.295 e. The number of amides is 1. The zero-order chi connectivity index (χ0) is 27.7. The highest BCUT2D eigenvalue weighted by Gasteiger charge is 2.47. The van der Waals surface area contributed by atoms with E-state index in [1.165, 1.54) is 19.1 Å². The first-order chi connectivity index (χ1) is 18.9. The van der Waals surface area contributed by atoms with Crippen molar-refractivity contribution < 1.29 is 28.9 Å². The molecule has 0 aliphatic carbocycles. The minimum atomic E-state index is -0.912. The van der Waals surface area contributed by atoms with Crippen molar-refractivity contribution in [2.24, 2.45) is 0 Å². The molecule has 2 N–H and O–H groups in total. The molecule has 1 atom stereocenters. The molecule has 1 amide bonds. The number of benzene rings is 3. The summed E-state index contributed by atoms with van der Waals surface area (Å²) in [7, 11) is 4.65. The van der Waals surface area contributed by atoms with Gasteiger partial charge < -0.3 is 29.2 Å². The number of ether oxygens (including phenoxy) is 3. The first kappa shape index (κ1) is 26.2. The molecule has 200 valence electrons. The number of carbonyl (C=O) groups is 2. The lowest BCUT2D eigenvalue weighted by molar-refractivity contribution is -0.139. The number of aliphatic hydroxyl groups excluding tert-OH is 1. The van der Waals surface area contributed by atoms with Crippen LogP contribution in [0.3, 0.4) is 0 Å². The minimum Gasteiger partial charge on any atom is -0.507 e. The maximum absolute atomic E-state index is 13.5. The average molecular weight is 547 g/mol. The van der Waals surface area contributed by atoms with Gasteiger partial charge in [-0.25, -0.2) is 0 Å². The van der Waals surface area contributed by atoms with Crippen LogP contribution in [-0.2, 0) is 16.0 Å². The number of halogens is 1. The lowest BCUT2D eigenvalue weighted by atomic mass is 9.94. The molecule has 1 saturated heterocycles. The number of nitrogens with zero attached hydrogens (tertiary/aromatic N) is 1. The number of hydrogen-bond donors (Lipinski definition) is 2. The van der Waals surface area contributed by atoms with Crippen molar-refractivity contribution in [3.63, 3.8) is 0 Å². The maximum Gasteiger partial charge on any atom is 0.295 e. The molecule has 2 heterocycles. The second kappa shape index (κ2) is 10.7. The number of aromatic nitrogens is 1. The number of hydrogen-bond acceptors (Lipinski definition) is 6. The molecule has 39 heavy (non-hydrogen) atoms. The average Bonchev–Trinajstić information content (AvgIpc) is 3.48. The molecule has 1 fully saturated rings. The molecular weight excluding hydrogens is 520 g/mol. The first-order valence-corrected chi connectivity index (χ1v) is 12.6. The molecule has 0 saturated carbocycles. The monoisotopic (exact) mass is 546 g/mol. The number of Topliss-reactive ketones (excluding diaryl/α,β-unsaturated/α-hetero) is 1. The van der Waals surface area contributed by atoms with Crippen LogP contribution in [0.4, 0.5) is 0 Å². The van der Waals surface area contributed by atoms with Gasteiger partial charge in [0, 0.05) is 39.8 Å². The van der Waals surface area contributed by atoms with Crippen LogP contribution < -0.4 is 14.2 Å². The summed E-state index contributed by atoms with van der Waals surface area (Å²) in [6, 6.07) is 16.4. The summed E-state index contributed by atoms with van der Waals surface area (Å²) in [6.07, 6.45) is 2.33. The van der Waals surface area contributed by atoms with Crippen LogP contribution >= 0.6 is 11.6 Å². The summed E-state index contributed by atoms with van der Waals surface area (Å²) in [5, 5.41) is 12.8. The van der Waals surface area contributed by atoms with Gasteiger partial charge in [0.1, 0.15) is 23.0 Å². The Morgan fingerprint density at radius 1 is 0.949 bits per heavy atom. The number of methoxy groups -OCH3 is 3. The topological polar surface area (TPSA) is 101 Å². The normalized spacial score (nSPS) is 16.6. The zero-order valence-corrected chi connectivity index (χ0v) is 22.4. The lowest BCUT2D eigenvalue weighted by Gasteiger charge is -2.27. The molecule has 0 bridgehead atoms. The van der Waals surface area contributed by atoms with Crippen LogP contribution in [0.15, 0.2) is 72.4 Å². The van der Waals surface area contributed by atoms with Gasteiger partial charge >= 0.3 is 0 Å². The van der Waals surface area contributed by atoms with Gasteiger partial charge in [-0.05, 0) is 72.6 Å². The molecule has 1 aliphatic heterocycles. The number of rotatable bonds is 8. The Morgan fingerprint density at radius 3 is 2.33 bits per heavy atom. The fourth-order valence-electron chi connectivity index (χ4n) is 4.98. The van der Waals surface area contributed by atoms with E-state index in [2.05, 4.69) is 4.98 Å². The van der Waals surface area contributed by atoms with Crippen LogP contribution in [0.25, 0.3) is 16.7 Å². The van der Waals surface area contributed by atoms with E-state index in [9.17, 15) is 14.7 Å². The van der Waals surface area contributed by atoms with Gasteiger partial charge in [0.25, 0.3) is 11.7 Å². The van der Waals surface area contributed by atoms with E-state index in [1.54, 1.807) is 49.6 Å². The fourth-order valence-corrected chi connectivity index (χ4v) is 5.11. The summed E-state index contributed by atoms with van der Waals surface area (Å²) < 4.78 is 16.4. The maximum atomic E-state index is 13.5. The van der Waals surface area contributed by atoms with Crippen molar-refractivity contribution in [2.45, 2.75) is 12.5 Å². The second-order valence-electron chi connectivity index (χ2n) is 9.08. The number of aromatic amines is 1. The van der Waals surface area contributed by atoms with E-state index < -0.39 is 17.7 Å². The van der Waals surface area contributed by atoms with E-state index in [-0.39, 0.29) is 17.9 Å². The molecule has 4 aromatic rings. The van der Waals surface area contributed by atoms with Gasteiger partial charge in [-0.3, -0.25) is 9.59 Å². The Morgan fingerprint density at radius 2 is 1.64 bits per heavy atom. The predicted molar refractivity (Wildman–Crippen MR) is 149 cm³/mol. The zero-order valence-electron chi connectivity index (χ0n) is 21.7. The Hall–Kier alpha value is -4.43. The van der Waals surface area contributed by atoms with Crippen molar-refractivity contribution in [3.8, 4) is 17.2 Å². The quantitative estimate of drug-likeness (QED) is 0.172. The molecule has 9 heteroatoms. The summed E-state index contributed by atoms with van der Waals surface area (Å²) in [5.41, 5.74) is 2.75. The van der Waals surface area contributed by atoms with Gasteiger partial charge in [-0.15, -0.1) is 0 Å². The molecule has 1 unspecified atom stereocenters. The highest BCUT2D eigenvalue weighted by Crippen LogP contribution is 2.44. The standard InChI is InChI=1S/C30H27ClN2O6/c1-37-20-8-10-24-22(14-20)18(16-32-24)12-13-33-27(23-15-21(38-2)9-11-25(23)39-3)26(29(35)30(33)36)28(34)17-4-6-19(31)7-5-17/h4-11,14-16,27,32,34H,12-13H2,1-3H3/b28-26-. The van der Waals surface area contributed by atoms with Crippen LogP contribution in [0.5, 0.6) is 17.2 Å². The van der Waals surface area contributed by atoms with E-state index in [1.807, 2.05) is 24.4 Å². The van der Waals surface area contributed by atoms with Crippen LogP contribution in [0.1, 0.15) is 22.7 Å². The lowest BCUT2D eigenvalue weighted by Crippen LogP contribution is -2.31. The second-order valence-corrected chi connectivity index (χ2v) is 9.52. The third-order valence-electron chi connectivity index (χ3n) is 6.99. The number of nitrogens with one attached hydrogen (secondary N) is 1. The number of H-pyrrole nitrogens is 1. The molecule has 0 radical (unpaired) electrons. The highest BCUT2D eigenvalue weighted by molar-refractivity contribution is 6.46. The number of likely N-dealkylation sites (tertiary alicyclic amines) is 1. The first-order valence-electron chi connectivity index (χ1n) is 12.3. The van der Waals surface area contributed by atoms with Crippen LogP contribution in [0, 0.1) is 0 Å².